The lowest BCUT2D eigenvalue weighted by Gasteiger charge is -2.10. The third-order valence-corrected chi connectivity index (χ3v) is 3.39. The fraction of sp³-hybridized carbons (Fsp3) is 0.500. The second kappa shape index (κ2) is 5.15. The highest BCUT2D eigenvalue weighted by molar-refractivity contribution is 5.86. The van der Waals surface area contributed by atoms with Crippen LogP contribution in [0.1, 0.15) is 44.9 Å². The summed E-state index contributed by atoms with van der Waals surface area (Å²) < 4.78 is 2.39. The monoisotopic (exact) mass is 244 g/mol. The molecular weight excluding hydrogens is 220 g/mol. The van der Waals surface area contributed by atoms with Crippen molar-refractivity contribution < 1.29 is 0 Å². The number of fused-ring (bicyclic) bond motifs is 1. The number of nitrogens with one attached hydrogen (secondary N) is 1. The molecule has 2 aromatic rings. The summed E-state index contributed by atoms with van der Waals surface area (Å²) >= 11 is 0. The highest BCUT2D eigenvalue weighted by Crippen LogP contribution is 2.27. The fourth-order valence-corrected chi connectivity index (χ4v) is 2.43. The molecule has 0 fully saturated rings. The van der Waals surface area contributed by atoms with Crippen LogP contribution in [0.25, 0.3) is 10.9 Å². The smallest absolute Gasteiger partial charge is 0.0515 e. The second-order valence-electron chi connectivity index (χ2n) is 5.66. The van der Waals surface area contributed by atoms with Gasteiger partial charge in [0.15, 0.2) is 0 Å². The van der Waals surface area contributed by atoms with Crippen molar-refractivity contribution in [1.82, 2.24) is 9.88 Å². The minimum Gasteiger partial charge on any atom is -0.344 e. The molecule has 18 heavy (non-hydrogen) atoms. The first-order valence-electron chi connectivity index (χ1n) is 6.83. The average molecular weight is 244 g/mol. The van der Waals surface area contributed by atoms with E-state index in [1.54, 1.807) is 0 Å². The Balaban J connectivity index is 2.51. The first-order valence-corrected chi connectivity index (χ1v) is 6.83. The third kappa shape index (κ3) is 2.44. The molecule has 0 aliphatic rings. The second-order valence-corrected chi connectivity index (χ2v) is 5.66. The molecule has 1 heterocycles. The van der Waals surface area contributed by atoms with Gasteiger partial charge in [-0.15, -0.1) is 0 Å². The van der Waals surface area contributed by atoms with Crippen molar-refractivity contribution in [2.45, 2.75) is 53.2 Å². The van der Waals surface area contributed by atoms with Gasteiger partial charge in [-0.05, 0) is 31.9 Å². The highest BCUT2D eigenvalue weighted by Gasteiger charge is 2.12. The Hall–Kier alpha value is -1.28. The van der Waals surface area contributed by atoms with Crippen LogP contribution in [-0.4, -0.2) is 10.6 Å². The molecule has 2 nitrogen and oxygen atoms in total. The maximum absolute atomic E-state index is 3.51. The average Bonchev–Trinajstić information content (AvgIpc) is 2.67. The number of nitrogens with zero attached hydrogens (tertiary/aromatic N) is 1. The molecular formula is C16H24N2. The van der Waals surface area contributed by atoms with Gasteiger partial charge in [0.05, 0.1) is 5.52 Å². The van der Waals surface area contributed by atoms with E-state index in [1.807, 2.05) is 0 Å². The number of aryl methyl sites for hydroxylation is 1. The molecule has 1 aromatic heterocycles. The summed E-state index contributed by atoms with van der Waals surface area (Å²) in [7, 11) is 0. The van der Waals surface area contributed by atoms with Crippen LogP contribution in [0, 0.1) is 6.92 Å². The van der Waals surface area contributed by atoms with Crippen LogP contribution in [-0.2, 0) is 6.54 Å². The van der Waals surface area contributed by atoms with Gasteiger partial charge in [0.1, 0.15) is 0 Å². The molecule has 0 unspecified atom stereocenters. The van der Waals surface area contributed by atoms with Crippen LogP contribution in [0.3, 0.4) is 0 Å². The molecule has 0 aliphatic heterocycles. The quantitative estimate of drug-likeness (QED) is 0.859. The molecule has 1 N–H and O–H groups in total. The van der Waals surface area contributed by atoms with E-state index in [2.05, 4.69) is 68.9 Å². The Morgan fingerprint density at radius 3 is 2.50 bits per heavy atom. The Labute approximate surface area is 110 Å². The van der Waals surface area contributed by atoms with Crippen molar-refractivity contribution in [3.8, 4) is 0 Å². The van der Waals surface area contributed by atoms with Crippen molar-refractivity contribution in [1.29, 1.82) is 0 Å². The van der Waals surface area contributed by atoms with Gasteiger partial charge >= 0.3 is 0 Å². The Bertz CT molecular complexity index is 535. The van der Waals surface area contributed by atoms with Gasteiger partial charge in [-0.2, -0.15) is 0 Å². The number of aromatic nitrogens is 1. The summed E-state index contributed by atoms with van der Waals surface area (Å²) in [5.41, 5.74) is 4.14. The first-order chi connectivity index (χ1) is 8.50. The molecule has 2 heteroatoms. The van der Waals surface area contributed by atoms with Crippen LogP contribution in [0.2, 0.25) is 0 Å². The standard InChI is InChI=1S/C16H24N2/c1-11(2)17-9-14-10-18(12(3)4)16-13(5)7-6-8-15(14)16/h6-8,10-12,17H,9H2,1-5H3. The maximum Gasteiger partial charge on any atom is 0.0515 e. The summed E-state index contributed by atoms with van der Waals surface area (Å²) in [4.78, 5) is 0. The summed E-state index contributed by atoms with van der Waals surface area (Å²) in [6.45, 7) is 12.0. The van der Waals surface area contributed by atoms with Gasteiger partial charge in [0.2, 0.25) is 0 Å². The zero-order chi connectivity index (χ0) is 13.3. The maximum atomic E-state index is 3.51. The summed E-state index contributed by atoms with van der Waals surface area (Å²) in [6, 6.07) is 7.61. The van der Waals surface area contributed by atoms with E-state index in [0.717, 1.165) is 6.54 Å². The number of para-hydroxylation sites is 1. The van der Waals surface area contributed by atoms with Crippen molar-refractivity contribution in [2.75, 3.05) is 0 Å². The Morgan fingerprint density at radius 2 is 1.89 bits per heavy atom. The molecule has 1 aromatic carbocycles. The van der Waals surface area contributed by atoms with Crippen molar-refractivity contribution in [2.24, 2.45) is 0 Å². The predicted octanol–water partition coefficient (Wildman–Crippen LogP) is 4.03. The molecule has 0 radical (unpaired) electrons. The first kappa shape index (κ1) is 13.2. The molecule has 2 rings (SSSR count). The van der Waals surface area contributed by atoms with Gasteiger partial charge < -0.3 is 9.88 Å². The zero-order valence-corrected chi connectivity index (χ0v) is 12.1. The van der Waals surface area contributed by atoms with E-state index in [0.29, 0.717) is 12.1 Å². The zero-order valence-electron chi connectivity index (χ0n) is 12.1. The molecule has 0 saturated heterocycles. The molecule has 0 saturated carbocycles. The van der Waals surface area contributed by atoms with Crippen LogP contribution in [0.15, 0.2) is 24.4 Å². The molecule has 98 valence electrons. The summed E-state index contributed by atoms with van der Waals surface area (Å²) in [6.07, 6.45) is 2.30. The Morgan fingerprint density at radius 1 is 1.17 bits per heavy atom. The predicted molar refractivity (Wildman–Crippen MR) is 79.0 cm³/mol. The van der Waals surface area contributed by atoms with Gasteiger partial charge in [0.25, 0.3) is 0 Å². The lowest BCUT2D eigenvalue weighted by molar-refractivity contribution is 0.583. The SMILES string of the molecule is Cc1cccc2c(CNC(C)C)cn(C(C)C)c12. The largest absolute Gasteiger partial charge is 0.344 e. The fourth-order valence-electron chi connectivity index (χ4n) is 2.43. The van der Waals surface area contributed by atoms with E-state index in [-0.39, 0.29) is 0 Å². The molecule has 0 amide bonds. The lowest BCUT2D eigenvalue weighted by Crippen LogP contribution is -2.21. The lowest BCUT2D eigenvalue weighted by atomic mass is 10.1. The van der Waals surface area contributed by atoms with E-state index in [9.17, 15) is 0 Å². The summed E-state index contributed by atoms with van der Waals surface area (Å²) in [5.74, 6) is 0. The van der Waals surface area contributed by atoms with Gasteiger partial charge in [0, 0.05) is 30.2 Å². The number of hydrogen-bond acceptors (Lipinski definition) is 1. The minimum atomic E-state index is 0.501. The molecule has 0 atom stereocenters. The number of hydrogen-bond donors (Lipinski definition) is 1. The third-order valence-electron chi connectivity index (χ3n) is 3.39. The van der Waals surface area contributed by atoms with Crippen LogP contribution < -0.4 is 5.32 Å². The van der Waals surface area contributed by atoms with Gasteiger partial charge in [-0.25, -0.2) is 0 Å². The summed E-state index contributed by atoms with van der Waals surface area (Å²) in [5, 5.41) is 4.90. The topological polar surface area (TPSA) is 17.0 Å². The number of rotatable bonds is 4. The van der Waals surface area contributed by atoms with Gasteiger partial charge in [-0.3, -0.25) is 0 Å². The van der Waals surface area contributed by atoms with E-state index < -0.39 is 0 Å². The normalized spacial score (nSPS) is 11.9. The van der Waals surface area contributed by atoms with Crippen molar-refractivity contribution >= 4 is 10.9 Å². The van der Waals surface area contributed by atoms with Crippen LogP contribution >= 0.6 is 0 Å². The molecule has 0 spiro atoms. The minimum absolute atomic E-state index is 0.501. The Kier molecular flexibility index (Phi) is 3.76. The van der Waals surface area contributed by atoms with Gasteiger partial charge in [-0.1, -0.05) is 32.0 Å². The van der Waals surface area contributed by atoms with Crippen molar-refractivity contribution in [3.05, 3.63) is 35.5 Å². The van der Waals surface area contributed by atoms with Crippen molar-refractivity contribution in [3.63, 3.8) is 0 Å². The molecule has 0 bridgehead atoms. The highest BCUT2D eigenvalue weighted by atomic mass is 15.0. The van der Waals surface area contributed by atoms with E-state index in [1.165, 1.54) is 22.0 Å². The number of benzene rings is 1. The molecule has 0 aliphatic carbocycles. The van der Waals surface area contributed by atoms with Crippen LogP contribution in [0.5, 0.6) is 0 Å². The van der Waals surface area contributed by atoms with Crippen LogP contribution in [0.4, 0.5) is 0 Å². The van der Waals surface area contributed by atoms with E-state index >= 15 is 0 Å². The van der Waals surface area contributed by atoms with E-state index in [4.69, 9.17) is 0 Å².